The normalized spacial score (nSPS) is 37.9. The largest absolute Gasteiger partial charge is 0.469 e. The molecule has 111 heavy (non-hydrogen) atoms. The van der Waals surface area contributed by atoms with Gasteiger partial charge in [-0.3, -0.25) is 14.4 Å². The van der Waals surface area contributed by atoms with Crippen LogP contribution in [0.3, 0.4) is 0 Å². The van der Waals surface area contributed by atoms with Gasteiger partial charge in [-0.15, -0.1) is 8.58 Å². The fraction of sp³-hybridized carbons (Fsp3) is 0.694. The Balaban J connectivity index is 0.000000161. The summed E-state index contributed by atoms with van der Waals surface area (Å²) in [5, 5.41) is 11.6. The van der Waals surface area contributed by atoms with Crippen LogP contribution in [0.25, 0.3) is 0 Å². The van der Waals surface area contributed by atoms with Crippen molar-refractivity contribution in [1.29, 1.82) is 0 Å². The maximum Gasteiger partial charge on any atom is 0.338 e. The average molecular weight is 1540 g/mol. The number of ketones is 1. The molecule has 0 saturated heterocycles. The fourth-order valence-electron chi connectivity index (χ4n) is 26.8. The number of fused-ring (bicyclic) bond motifs is 15. The summed E-state index contributed by atoms with van der Waals surface area (Å²) in [6, 6.07) is 28.0. The number of hydrogen-bond acceptors (Lipinski definition) is 12. The Morgan fingerprint density at radius 3 is 1.31 bits per heavy atom. The third kappa shape index (κ3) is 17.0. The zero-order chi connectivity index (χ0) is 78.7. The van der Waals surface area contributed by atoms with Gasteiger partial charge < -0.3 is 28.8 Å². The molecule has 0 bridgehead atoms. The molecular formula is C98H141O12P. The summed E-state index contributed by atoms with van der Waals surface area (Å²) < 4.78 is 27.7. The first kappa shape index (κ1) is 86.2. The van der Waals surface area contributed by atoms with Crippen molar-refractivity contribution < 1.29 is 57.6 Å². The number of allylic oxidation sites excluding steroid dienone is 5. The van der Waals surface area contributed by atoms with Crippen molar-refractivity contribution in [2.24, 2.45) is 121 Å². The third-order valence-corrected chi connectivity index (χ3v) is 32.9. The molecular weight excluding hydrogens is 1400 g/mol. The van der Waals surface area contributed by atoms with Crippen LogP contribution < -0.4 is 0 Å². The predicted octanol–water partition coefficient (Wildman–Crippen LogP) is 22.7. The minimum Gasteiger partial charge on any atom is -0.469 e. The molecule has 0 heterocycles. The molecule has 12 nitrogen and oxygen atoms in total. The fourth-order valence-corrected chi connectivity index (χ4v) is 26.8. The topological polar surface area (TPSA) is 169 Å². The second-order valence-electron chi connectivity index (χ2n) is 38.3. The van der Waals surface area contributed by atoms with Crippen LogP contribution in [0.15, 0.2) is 126 Å². The molecule has 25 atom stereocenters. The van der Waals surface area contributed by atoms with Crippen LogP contribution in [0, 0.1) is 121 Å². The number of hydrogen-bond donors (Lipinski definition) is 1. The Bertz CT molecular complexity index is 3790. The highest BCUT2D eigenvalue weighted by atomic mass is 31.1. The summed E-state index contributed by atoms with van der Waals surface area (Å²) in [6.07, 6.45) is 36.2. The summed E-state index contributed by atoms with van der Waals surface area (Å²) in [4.78, 5) is 75.4. The minimum absolute atomic E-state index is 0. The van der Waals surface area contributed by atoms with E-state index in [4.69, 9.17) is 23.7 Å². The lowest BCUT2D eigenvalue weighted by Crippen LogP contribution is -2.53. The number of esters is 5. The molecule has 15 rings (SSSR count). The molecule has 0 aliphatic heterocycles. The van der Waals surface area contributed by atoms with Crippen molar-refractivity contribution >= 4 is 44.2 Å². The van der Waals surface area contributed by atoms with E-state index in [1.165, 1.54) is 90.4 Å². The van der Waals surface area contributed by atoms with E-state index in [-0.39, 0.29) is 88.8 Å². The zero-order valence-electron chi connectivity index (χ0n) is 69.6. The standard InChI is InChI=1S/C32H42O5.C32H44O4.C31H44O3.C2H7P.CH4/c1-20(10-15-29(34)36-4)25-13-14-26-24-12-11-22-18-23(37-30(35)21-8-6-5-7-9-21)16-17-31(22,2)27(24)19-28(33)32(25,26)3;1-21(10-15-29(33)35-4)26-13-14-27-25-12-11-23-20-24(36-30(34)22-8-6-5-7-9-22)16-18-31(23,2)28(25)17-19-32(26,27)3;1-5-9-20(2)25-14-15-26-24-13-12-22-18-23(34-29(33)21-10-7-6-8-11-21)16-17-30(22,3)27(24)19-28(32)31(25,26)4;1-3-2;/h5-9,19-20,22-26H,10-18H2,1-4H3;5-9,17,21,23-27H,10-16,18-20H2,1-4H3;6-8,10-11,19-20,22-26,28,32H,5,9,12-18H2,1-4H3;3H,1-2H3;1H4/t20-,22-,23-,24+,25?,26+,31+,32-;21-,23-,24-,25+,26?,27+,31+,32-;20-,22-,23-,24+,25?,26+,28-,30+,31-;;/m111../s1. The van der Waals surface area contributed by atoms with Crippen molar-refractivity contribution in [3.63, 3.8) is 0 Å². The van der Waals surface area contributed by atoms with Gasteiger partial charge in [-0.2, -0.15) is 0 Å². The van der Waals surface area contributed by atoms with Gasteiger partial charge in [0.05, 0.1) is 37.0 Å². The van der Waals surface area contributed by atoms with E-state index in [1.54, 1.807) is 23.3 Å². The Hall–Kier alpha value is -5.71. The van der Waals surface area contributed by atoms with E-state index in [1.807, 2.05) is 78.9 Å². The highest BCUT2D eigenvalue weighted by molar-refractivity contribution is 7.35. The molecule has 610 valence electrons. The minimum atomic E-state index is -0.338. The quantitative estimate of drug-likeness (QED) is 0.0588. The first-order chi connectivity index (χ1) is 52.6. The van der Waals surface area contributed by atoms with Crippen LogP contribution in [-0.4, -0.2) is 92.7 Å². The van der Waals surface area contributed by atoms with E-state index in [9.17, 15) is 33.9 Å². The van der Waals surface area contributed by atoms with Gasteiger partial charge in [0.25, 0.3) is 0 Å². The van der Waals surface area contributed by atoms with Crippen LogP contribution in [0.5, 0.6) is 0 Å². The van der Waals surface area contributed by atoms with Gasteiger partial charge >= 0.3 is 29.8 Å². The molecule has 12 aliphatic carbocycles. The van der Waals surface area contributed by atoms with Crippen molar-refractivity contribution in [1.82, 2.24) is 0 Å². The number of methoxy groups -OCH3 is 2. The summed E-state index contributed by atoms with van der Waals surface area (Å²) in [5.41, 5.74) is 6.98. The predicted molar refractivity (Wildman–Crippen MR) is 446 cm³/mol. The smallest absolute Gasteiger partial charge is 0.338 e. The Labute approximate surface area is 670 Å². The molecule has 3 aromatic carbocycles. The number of aliphatic hydroxyl groups is 1. The highest BCUT2D eigenvalue weighted by Gasteiger charge is 2.64. The van der Waals surface area contributed by atoms with Gasteiger partial charge in [-0.25, -0.2) is 14.4 Å². The molecule has 0 amide bonds. The molecule has 0 aromatic heterocycles. The van der Waals surface area contributed by atoms with Crippen molar-refractivity contribution in [3.8, 4) is 0 Å². The highest BCUT2D eigenvalue weighted by Crippen LogP contribution is 2.70. The van der Waals surface area contributed by atoms with Gasteiger partial charge in [0.2, 0.25) is 0 Å². The van der Waals surface area contributed by atoms with Crippen LogP contribution >= 0.6 is 8.58 Å². The monoisotopic (exact) mass is 1540 g/mol. The Morgan fingerprint density at radius 1 is 0.477 bits per heavy atom. The molecule has 12 aliphatic rings. The molecule has 9 fully saturated rings. The SMILES string of the molecule is C.CCC[C@@H](C)C1CC[C@H]2[C@@H]3CC[C@@H]4C[C@H](OC(=O)c5ccccc5)CC[C@]4(C)C3=C[C@@H](O)[C@]12C.COC(=O)CC[C@@H](C)C1CC[C@H]2[C@@H]3CC[C@@H]4C[C@H](OC(=O)c5ccccc5)CC[C@]4(C)C3=CC(=O)[C@]12C.COC(=O)CC[C@@H](C)C1CC[C@H]2[C@@H]3CC[C@@H]4C[C@H](OC(=O)c5ccccc5)CC[C@]4(C)C3=CC[C@]12C.CPC. The number of rotatable bonds is 17. The van der Waals surface area contributed by atoms with E-state index in [0.29, 0.717) is 124 Å². The van der Waals surface area contributed by atoms with Gasteiger partial charge in [0.1, 0.15) is 18.3 Å². The van der Waals surface area contributed by atoms with Gasteiger partial charge in [-0.05, 0) is 320 Å². The summed E-state index contributed by atoms with van der Waals surface area (Å²) in [7, 11) is 4.01. The van der Waals surface area contributed by atoms with E-state index in [0.717, 1.165) is 111 Å². The molecule has 3 unspecified atom stereocenters. The van der Waals surface area contributed by atoms with Crippen molar-refractivity contribution in [2.75, 3.05) is 27.5 Å². The Kier molecular flexibility index (Phi) is 28.1. The molecule has 3 aromatic rings. The number of ether oxygens (including phenoxy) is 5. The summed E-state index contributed by atoms with van der Waals surface area (Å²) in [5.74, 6) is 7.74. The average Bonchev–Trinajstić information content (AvgIpc) is 1.67. The maximum atomic E-state index is 13.9. The van der Waals surface area contributed by atoms with Crippen molar-refractivity contribution in [3.05, 3.63) is 143 Å². The number of carbonyl (C=O) groups is 6. The third-order valence-electron chi connectivity index (χ3n) is 32.9. The van der Waals surface area contributed by atoms with E-state index >= 15 is 0 Å². The lowest BCUT2D eigenvalue weighted by molar-refractivity contribution is -0.142. The molecule has 1 N–H and O–H groups in total. The van der Waals surface area contributed by atoms with Crippen LogP contribution in [-0.2, 0) is 38.1 Å². The number of aliphatic hydroxyl groups excluding tert-OH is 1. The summed E-state index contributed by atoms with van der Waals surface area (Å²) >= 11 is 0. The molecule has 0 radical (unpaired) electrons. The molecule has 0 spiro atoms. The second-order valence-corrected chi connectivity index (χ2v) is 39.3. The van der Waals surface area contributed by atoms with Crippen molar-refractivity contribution in [2.45, 2.75) is 281 Å². The molecule has 9 saturated carbocycles. The van der Waals surface area contributed by atoms with Gasteiger partial charge in [0, 0.05) is 23.7 Å². The second kappa shape index (κ2) is 36.2. The lowest BCUT2D eigenvalue weighted by atomic mass is 9.47. The van der Waals surface area contributed by atoms with Crippen LogP contribution in [0.2, 0.25) is 0 Å². The Morgan fingerprint density at radius 2 is 0.856 bits per heavy atom. The maximum absolute atomic E-state index is 13.9. The zero-order valence-corrected chi connectivity index (χ0v) is 70.6. The van der Waals surface area contributed by atoms with Gasteiger partial charge in [-0.1, -0.05) is 173 Å². The first-order valence-electron chi connectivity index (χ1n) is 43.5. The van der Waals surface area contributed by atoms with Crippen LogP contribution in [0.4, 0.5) is 0 Å². The number of carbonyl (C=O) groups excluding carboxylic acids is 6. The van der Waals surface area contributed by atoms with E-state index < -0.39 is 0 Å². The van der Waals surface area contributed by atoms with Gasteiger partial charge in [0.15, 0.2) is 5.78 Å². The molecule has 13 heteroatoms. The summed E-state index contributed by atoms with van der Waals surface area (Å²) in [6.45, 7) is 28.1. The lowest BCUT2D eigenvalue weighted by Gasteiger charge is -2.58. The van der Waals surface area contributed by atoms with E-state index in [2.05, 4.69) is 101 Å². The number of benzene rings is 3. The van der Waals surface area contributed by atoms with Crippen LogP contribution in [0.1, 0.15) is 288 Å². The first-order valence-corrected chi connectivity index (χ1v) is 45.5.